The van der Waals surface area contributed by atoms with Gasteiger partial charge in [-0.25, -0.2) is 0 Å². The van der Waals surface area contributed by atoms with Gasteiger partial charge in [-0.2, -0.15) is 0 Å². The Bertz CT molecular complexity index is 271. The van der Waals surface area contributed by atoms with Gasteiger partial charge in [0.05, 0.1) is 6.10 Å². The minimum Gasteiger partial charge on any atom is -0.467 e. The number of aliphatic hydroxyl groups is 1. The molecule has 3 nitrogen and oxygen atoms in total. The van der Waals surface area contributed by atoms with Crippen molar-refractivity contribution in [3.63, 3.8) is 0 Å². The summed E-state index contributed by atoms with van der Waals surface area (Å²) in [6, 6.07) is 7.40. The standard InChI is InChI=1S/C11H16O3/c1-3-13-8-14-11-7-5-4-6-10(11)9(2)12/h4-7,9,12H,3,8H2,1-2H3/t9-/m1/s1. The molecule has 1 aromatic carbocycles. The first kappa shape index (κ1) is 11.0. The van der Waals surface area contributed by atoms with E-state index in [2.05, 4.69) is 0 Å². The third-order valence-electron chi connectivity index (χ3n) is 1.87. The van der Waals surface area contributed by atoms with E-state index in [1.807, 2.05) is 31.2 Å². The van der Waals surface area contributed by atoms with Gasteiger partial charge in [-0.15, -0.1) is 0 Å². The molecule has 0 aromatic heterocycles. The molecule has 0 amide bonds. The molecule has 0 saturated heterocycles. The van der Waals surface area contributed by atoms with Crippen molar-refractivity contribution in [2.45, 2.75) is 20.0 Å². The molecule has 1 atom stereocenters. The van der Waals surface area contributed by atoms with Crippen molar-refractivity contribution in [2.24, 2.45) is 0 Å². The molecule has 0 aliphatic heterocycles. The zero-order valence-electron chi connectivity index (χ0n) is 8.56. The van der Waals surface area contributed by atoms with Gasteiger partial charge in [0.1, 0.15) is 5.75 Å². The van der Waals surface area contributed by atoms with E-state index in [0.29, 0.717) is 12.4 Å². The molecule has 0 radical (unpaired) electrons. The third kappa shape index (κ3) is 3.01. The maximum Gasteiger partial charge on any atom is 0.189 e. The summed E-state index contributed by atoms with van der Waals surface area (Å²) in [5.41, 5.74) is 0.784. The third-order valence-corrected chi connectivity index (χ3v) is 1.87. The summed E-state index contributed by atoms with van der Waals surface area (Å²) < 4.78 is 10.4. The van der Waals surface area contributed by atoms with Crippen LogP contribution in [0.1, 0.15) is 25.5 Å². The normalized spacial score (nSPS) is 12.5. The van der Waals surface area contributed by atoms with Gasteiger partial charge in [-0.3, -0.25) is 0 Å². The van der Waals surface area contributed by atoms with Crippen LogP contribution in [0, 0.1) is 0 Å². The molecular weight excluding hydrogens is 180 g/mol. The lowest BCUT2D eigenvalue weighted by Crippen LogP contribution is -2.05. The van der Waals surface area contributed by atoms with Crippen molar-refractivity contribution in [1.29, 1.82) is 0 Å². The summed E-state index contributed by atoms with van der Waals surface area (Å²) in [5, 5.41) is 9.44. The molecule has 1 N–H and O–H groups in total. The molecule has 0 fully saturated rings. The highest BCUT2D eigenvalue weighted by atomic mass is 16.7. The van der Waals surface area contributed by atoms with Crippen molar-refractivity contribution < 1.29 is 14.6 Å². The number of ether oxygens (including phenoxy) is 2. The second kappa shape index (κ2) is 5.62. The molecule has 0 aliphatic carbocycles. The van der Waals surface area contributed by atoms with Crippen molar-refractivity contribution in [2.75, 3.05) is 13.4 Å². The number of hydrogen-bond acceptors (Lipinski definition) is 3. The van der Waals surface area contributed by atoms with Crippen molar-refractivity contribution in [1.82, 2.24) is 0 Å². The van der Waals surface area contributed by atoms with Crippen LogP contribution in [-0.2, 0) is 4.74 Å². The number of rotatable bonds is 5. The lowest BCUT2D eigenvalue weighted by Gasteiger charge is -2.12. The van der Waals surface area contributed by atoms with Gasteiger partial charge >= 0.3 is 0 Å². The van der Waals surface area contributed by atoms with Gasteiger partial charge in [0.25, 0.3) is 0 Å². The summed E-state index contributed by atoms with van der Waals surface area (Å²) in [4.78, 5) is 0. The van der Waals surface area contributed by atoms with Crippen LogP contribution in [-0.4, -0.2) is 18.5 Å². The van der Waals surface area contributed by atoms with E-state index in [9.17, 15) is 5.11 Å². The molecule has 1 rings (SSSR count). The number of hydrogen-bond donors (Lipinski definition) is 1. The fourth-order valence-electron chi connectivity index (χ4n) is 1.15. The van der Waals surface area contributed by atoms with E-state index in [0.717, 1.165) is 5.56 Å². The van der Waals surface area contributed by atoms with Crippen LogP contribution in [0.4, 0.5) is 0 Å². The van der Waals surface area contributed by atoms with E-state index in [-0.39, 0.29) is 6.79 Å². The second-order valence-electron chi connectivity index (χ2n) is 2.97. The molecule has 0 aliphatic rings. The minimum atomic E-state index is -0.521. The predicted molar refractivity (Wildman–Crippen MR) is 54.2 cm³/mol. The molecule has 78 valence electrons. The summed E-state index contributed by atoms with van der Waals surface area (Å²) in [7, 11) is 0. The summed E-state index contributed by atoms with van der Waals surface area (Å²) in [6.45, 7) is 4.46. The Morgan fingerprint density at radius 3 is 2.71 bits per heavy atom. The predicted octanol–water partition coefficient (Wildman–Crippen LogP) is 2.11. The summed E-state index contributed by atoms with van der Waals surface area (Å²) in [5.74, 6) is 0.677. The first-order valence-electron chi connectivity index (χ1n) is 4.73. The number of para-hydroxylation sites is 1. The molecule has 0 spiro atoms. The first-order chi connectivity index (χ1) is 6.75. The Hall–Kier alpha value is -1.06. The van der Waals surface area contributed by atoms with Gasteiger partial charge in [-0.1, -0.05) is 18.2 Å². The van der Waals surface area contributed by atoms with Crippen LogP contribution in [0.5, 0.6) is 5.75 Å². The summed E-state index contributed by atoms with van der Waals surface area (Å²) in [6.07, 6.45) is -0.521. The highest BCUT2D eigenvalue weighted by molar-refractivity contribution is 5.34. The molecule has 0 heterocycles. The monoisotopic (exact) mass is 196 g/mol. The van der Waals surface area contributed by atoms with E-state index in [1.165, 1.54) is 0 Å². The van der Waals surface area contributed by atoms with Crippen molar-refractivity contribution >= 4 is 0 Å². The molecule has 0 bridgehead atoms. The van der Waals surface area contributed by atoms with Crippen LogP contribution < -0.4 is 4.74 Å². The number of aliphatic hydroxyl groups excluding tert-OH is 1. The molecular formula is C11H16O3. The molecule has 0 saturated carbocycles. The molecule has 1 aromatic rings. The number of benzene rings is 1. The Balaban J connectivity index is 2.64. The molecule has 3 heteroatoms. The van der Waals surface area contributed by atoms with Crippen molar-refractivity contribution in [3.8, 4) is 5.75 Å². The largest absolute Gasteiger partial charge is 0.467 e. The van der Waals surface area contributed by atoms with Crippen LogP contribution in [0.2, 0.25) is 0 Å². The maximum atomic E-state index is 9.44. The Morgan fingerprint density at radius 2 is 2.07 bits per heavy atom. The van der Waals surface area contributed by atoms with E-state index in [4.69, 9.17) is 9.47 Å². The van der Waals surface area contributed by atoms with E-state index >= 15 is 0 Å². The van der Waals surface area contributed by atoms with Gasteiger partial charge in [0, 0.05) is 12.2 Å². The highest BCUT2D eigenvalue weighted by Gasteiger charge is 2.07. The average Bonchev–Trinajstić information content (AvgIpc) is 2.19. The smallest absolute Gasteiger partial charge is 0.189 e. The highest BCUT2D eigenvalue weighted by Crippen LogP contribution is 2.24. The molecule has 14 heavy (non-hydrogen) atoms. The van der Waals surface area contributed by atoms with Gasteiger partial charge < -0.3 is 14.6 Å². The average molecular weight is 196 g/mol. The van der Waals surface area contributed by atoms with Crippen molar-refractivity contribution in [3.05, 3.63) is 29.8 Å². The Kier molecular flexibility index (Phi) is 4.43. The zero-order chi connectivity index (χ0) is 10.4. The van der Waals surface area contributed by atoms with Gasteiger partial charge in [-0.05, 0) is 19.9 Å². The summed E-state index contributed by atoms with van der Waals surface area (Å²) >= 11 is 0. The first-order valence-corrected chi connectivity index (χ1v) is 4.73. The van der Waals surface area contributed by atoms with Crippen LogP contribution >= 0.6 is 0 Å². The van der Waals surface area contributed by atoms with E-state index in [1.54, 1.807) is 6.92 Å². The molecule has 0 unspecified atom stereocenters. The fraction of sp³-hybridized carbons (Fsp3) is 0.455. The quantitative estimate of drug-likeness (QED) is 0.579. The zero-order valence-corrected chi connectivity index (χ0v) is 8.56. The second-order valence-corrected chi connectivity index (χ2v) is 2.97. The lowest BCUT2D eigenvalue weighted by atomic mass is 10.1. The SMILES string of the molecule is CCOCOc1ccccc1[C@@H](C)O. The van der Waals surface area contributed by atoms with Crippen LogP contribution in [0.25, 0.3) is 0 Å². The van der Waals surface area contributed by atoms with E-state index < -0.39 is 6.10 Å². The maximum absolute atomic E-state index is 9.44. The fourth-order valence-corrected chi connectivity index (χ4v) is 1.15. The topological polar surface area (TPSA) is 38.7 Å². The van der Waals surface area contributed by atoms with Gasteiger partial charge in [0.15, 0.2) is 6.79 Å². The minimum absolute atomic E-state index is 0.222. The van der Waals surface area contributed by atoms with Gasteiger partial charge in [0.2, 0.25) is 0 Å². The van der Waals surface area contributed by atoms with Crippen LogP contribution in [0.15, 0.2) is 24.3 Å². The van der Waals surface area contributed by atoms with Crippen LogP contribution in [0.3, 0.4) is 0 Å². The Morgan fingerprint density at radius 1 is 1.36 bits per heavy atom. The lowest BCUT2D eigenvalue weighted by molar-refractivity contribution is 0.0205. The Labute approximate surface area is 84.3 Å².